The highest BCUT2D eigenvalue weighted by Gasteiger charge is 2.06. The maximum Gasteiger partial charge on any atom is 0.180 e. The molecule has 0 amide bonds. The highest BCUT2D eigenvalue weighted by molar-refractivity contribution is 5.71. The van der Waals surface area contributed by atoms with Crippen LogP contribution >= 0.6 is 0 Å². The molecule has 1 aromatic carbocycles. The SMILES string of the molecule is CC(Cc1cccc(F)c1)Nc1ccc2nccnc2n1. The minimum atomic E-state index is -0.209. The van der Waals surface area contributed by atoms with Gasteiger partial charge in [-0.05, 0) is 43.2 Å². The van der Waals surface area contributed by atoms with Gasteiger partial charge in [-0.15, -0.1) is 0 Å². The summed E-state index contributed by atoms with van der Waals surface area (Å²) in [6.45, 7) is 2.04. The number of rotatable bonds is 4. The molecular weight excluding hydrogens is 267 g/mol. The van der Waals surface area contributed by atoms with Crippen LogP contribution in [0.5, 0.6) is 0 Å². The van der Waals surface area contributed by atoms with Crippen molar-refractivity contribution in [1.29, 1.82) is 0 Å². The highest BCUT2D eigenvalue weighted by Crippen LogP contribution is 2.13. The van der Waals surface area contributed by atoms with Crippen LogP contribution in [0.15, 0.2) is 48.8 Å². The first-order chi connectivity index (χ1) is 10.2. The Morgan fingerprint density at radius 3 is 2.86 bits per heavy atom. The van der Waals surface area contributed by atoms with Crippen LogP contribution < -0.4 is 5.32 Å². The minimum Gasteiger partial charge on any atom is -0.367 e. The molecule has 3 rings (SSSR count). The Bertz CT molecular complexity index is 760. The normalized spacial score (nSPS) is 12.3. The molecule has 106 valence electrons. The number of aromatic nitrogens is 3. The Hall–Kier alpha value is -2.56. The number of fused-ring (bicyclic) bond motifs is 1. The maximum absolute atomic E-state index is 13.2. The molecule has 2 aromatic heterocycles. The lowest BCUT2D eigenvalue weighted by molar-refractivity contribution is 0.624. The fourth-order valence-corrected chi connectivity index (χ4v) is 2.26. The number of nitrogens with one attached hydrogen (secondary N) is 1. The van der Waals surface area contributed by atoms with E-state index in [1.54, 1.807) is 24.5 Å². The molecule has 3 aromatic rings. The first-order valence-corrected chi connectivity index (χ1v) is 6.79. The van der Waals surface area contributed by atoms with Crippen molar-refractivity contribution in [1.82, 2.24) is 15.0 Å². The van der Waals surface area contributed by atoms with Gasteiger partial charge in [0.15, 0.2) is 5.65 Å². The monoisotopic (exact) mass is 282 g/mol. The van der Waals surface area contributed by atoms with E-state index < -0.39 is 0 Å². The molecule has 5 heteroatoms. The van der Waals surface area contributed by atoms with Crippen LogP contribution in [-0.4, -0.2) is 21.0 Å². The Morgan fingerprint density at radius 1 is 1.14 bits per heavy atom. The summed E-state index contributed by atoms with van der Waals surface area (Å²) in [5.74, 6) is 0.533. The van der Waals surface area contributed by atoms with Gasteiger partial charge in [0.1, 0.15) is 17.2 Å². The Morgan fingerprint density at radius 2 is 2.00 bits per heavy atom. The number of anilines is 1. The number of pyridine rings is 1. The van der Waals surface area contributed by atoms with Gasteiger partial charge >= 0.3 is 0 Å². The lowest BCUT2D eigenvalue weighted by Crippen LogP contribution is -2.19. The molecule has 0 bridgehead atoms. The lowest BCUT2D eigenvalue weighted by Gasteiger charge is -2.14. The second kappa shape index (κ2) is 5.83. The van der Waals surface area contributed by atoms with Gasteiger partial charge < -0.3 is 5.32 Å². The summed E-state index contributed by atoms with van der Waals surface area (Å²) in [7, 11) is 0. The van der Waals surface area contributed by atoms with E-state index in [9.17, 15) is 4.39 Å². The van der Waals surface area contributed by atoms with Crippen molar-refractivity contribution >= 4 is 17.0 Å². The summed E-state index contributed by atoms with van der Waals surface area (Å²) in [4.78, 5) is 12.8. The number of hydrogen-bond donors (Lipinski definition) is 1. The van der Waals surface area contributed by atoms with Crippen molar-refractivity contribution in [3.05, 3.63) is 60.2 Å². The predicted molar refractivity (Wildman–Crippen MR) is 80.5 cm³/mol. The lowest BCUT2D eigenvalue weighted by atomic mass is 10.1. The van der Waals surface area contributed by atoms with Gasteiger partial charge in [-0.3, -0.25) is 4.98 Å². The fourth-order valence-electron chi connectivity index (χ4n) is 2.26. The molecule has 4 nitrogen and oxygen atoms in total. The van der Waals surface area contributed by atoms with Crippen molar-refractivity contribution in [2.24, 2.45) is 0 Å². The molecule has 0 aliphatic rings. The predicted octanol–water partition coefficient (Wildman–Crippen LogP) is 3.21. The molecule has 21 heavy (non-hydrogen) atoms. The van der Waals surface area contributed by atoms with Gasteiger partial charge in [-0.2, -0.15) is 0 Å². The number of benzene rings is 1. The highest BCUT2D eigenvalue weighted by atomic mass is 19.1. The summed E-state index contributed by atoms with van der Waals surface area (Å²) in [6, 6.07) is 10.5. The third kappa shape index (κ3) is 3.31. The standard InChI is InChI=1S/C16H15FN4/c1-11(9-12-3-2-4-13(17)10-12)20-15-6-5-14-16(21-15)19-8-7-18-14/h2-8,10-11H,9H2,1H3,(H,19,20,21). The Balaban J connectivity index is 1.72. The van der Waals surface area contributed by atoms with Gasteiger partial charge in [0.25, 0.3) is 0 Å². The fraction of sp³-hybridized carbons (Fsp3) is 0.188. The zero-order valence-electron chi connectivity index (χ0n) is 11.6. The van der Waals surface area contributed by atoms with E-state index in [0.717, 1.165) is 23.3 Å². The molecule has 0 aliphatic carbocycles. The number of nitrogens with zero attached hydrogens (tertiary/aromatic N) is 3. The van der Waals surface area contributed by atoms with Crippen molar-refractivity contribution in [3.8, 4) is 0 Å². The van der Waals surface area contributed by atoms with E-state index in [4.69, 9.17) is 0 Å². The largest absolute Gasteiger partial charge is 0.367 e. The molecule has 1 N–H and O–H groups in total. The van der Waals surface area contributed by atoms with Crippen LogP contribution in [-0.2, 0) is 6.42 Å². The molecule has 1 unspecified atom stereocenters. The molecule has 2 heterocycles. The van der Waals surface area contributed by atoms with E-state index in [-0.39, 0.29) is 11.9 Å². The van der Waals surface area contributed by atoms with E-state index in [1.165, 1.54) is 6.07 Å². The minimum absolute atomic E-state index is 0.133. The summed E-state index contributed by atoms with van der Waals surface area (Å²) in [6.07, 6.45) is 3.98. The number of hydrogen-bond acceptors (Lipinski definition) is 4. The second-order valence-corrected chi connectivity index (χ2v) is 4.97. The first kappa shape index (κ1) is 13.4. The van der Waals surface area contributed by atoms with Crippen LogP contribution in [0, 0.1) is 5.82 Å². The van der Waals surface area contributed by atoms with E-state index >= 15 is 0 Å². The zero-order chi connectivity index (χ0) is 14.7. The van der Waals surface area contributed by atoms with Crippen molar-refractivity contribution in [3.63, 3.8) is 0 Å². The molecule has 0 saturated heterocycles. The van der Waals surface area contributed by atoms with Gasteiger partial charge in [-0.1, -0.05) is 12.1 Å². The van der Waals surface area contributed by atoms with Crippen LogP contribution in [0.3, 0.4) is 0 Å². The zero-order valence-corrected chi connectivity index (χ0v) is 11.6. The maximum atomic E-state index is 13.2. The molecule has 0 saturated carbocycles. The summed E-state index contributed by atoms with van der Waals surface area (Å²) in [5, 5.41) is 3.30. The van der Waals surface area contributed by atoms with E-state index in [1.807, 2.05) is 25.1 Å². The van der Waals surface area contributed by atoms with E-state index in [0.29, 0.717) is 5.65 Å². The van der Waals surface area contributed by atoms with Crippen LogP contribution in [0.1, 0.15) is 12.5 Å². The summed E-state index contributed by atoms with van der Waals surface area (Å²) < 4.78 is 13.2. The van der Waals surface area contributed by atoms with Gasteiger partial charge in [-0.25, -0.2) is 14.4 Å². The average molecular weight is 282 g/mol. The summed E-state index contributed by atoms with van der Waals surface area (Å²) in [5.41, 5.74) is 2.33. The molecule has 0 radical (unpaired) electrons. The third-order valence-corrected chi connectivity index (χ3v) is 3.16. The molecule has 1 atom stereocenters. The van der Waals surface area contributed by atoms with Crippen LogP contribution in [0.4, 0.5) is 10.2 Å². The Labute approximate surface area is 122 Å². The van der Waals surface area contributed by atoms with Crippen LogP contribution in [0.25, 0.3) is 11.2 Å². The second-order valence-electron chi connectivity index (χ2n) is 4.97. The molecule has 0 spiro atoms. The smallest absolute Gasteiger partial charge is 0.180 e. The molecule has 0 aliphatic heterocycles. The Kier molecular flexibility index (Phi) is 3.73. The molecule has 0 fully saturated rings. The summed E-state index contributed by atoms with van der Waals surface area (Å²) >= 11 is 0. The molecular formula is C16H15FN4. The van der Waals surface area contributed by atoms with Gasteiger partial charge in [0.2, 0.25) is 0 Å². The first-order valence-electron chi connectivity index (χ1n) is 6.79. The van der Waals surface area contributed by atoms with Gasteiger partial charge in [0, 0.05) is 18.4 Å². The topological polar surface area (TPSA) is 50.7 Å². The quantitative estimate of drug-likeness (QED) is 0.798. The van der Waals surface area contributed by atoms with Crippen molar-refractivity contribution < 1.29 is 4.39 Å². The van der Waals surface area contributed by atoms with Gasteiger partial charge in [0.05, 0.1) is 0 Å². The number of halogens is 1. The van der Waals surface area contributed by atoms with Crippen molar-refractivity contribution in [2.45, 2.75) is 19.4 Å². The van der Waals surface area contributed by atoms with Crippen molar-refractivity contribution in [2.75, 3.05) is 5.32 Å². The third-order valence-electron chi connectivity index (χ3n) is 3.16. The average Bonchev–Trinajstić information content (AvgIpc) is 2.47. The van der Waals surface area contributed by atoms with E-state index in [2.05, 4.69) is 20.3 Å². The van der Waals surface area contributed by atoms with Crippen LogP contribution in [0.2, 0.25) is 0 Å².